The molecule has 0 atom stereocenters. The Kier molecular flexibility index (Phi) is 14.2. The Morgan fingerprint density at radius 3 is 1.31 bits per heavy atom. The van der Waals surface area contributed by atoms with Crippen LogP contribution in [0.1, 0.15) is 13.8 Å². The summed E-state index contributed by atoms with van der Waals surface area (Å²) < 4.78 is 19.4. The molecule has 0 fully saturated rings. The summed E-state index contributed by atoms with van der Waals surface area (Å²) >= 11 is 0. The highest BCUT2D eigenvalue weighted by Crippen LogP contribution is 1.91. The van der Waals surface area contributed by atoms with Crippen LogP contribution in [-0.4, -0.2) is 76.7 Å². The summed E-state index contributed by atoms with van der Waals surface area (Å²) in [4.78, 5) is 45.0. The maximum Gasteiger partial charge on any atom is 0.407 e. The summed E-state index contributed by atoms with van der Waals surface area (Å²) in [6.45, 7) is 11.2. The molecule has 0 aliphatic heterocycles. The molecule has 0 bridgehead atoms. The second-order valence-corrected chi connectivity index (χ2v) is 5.71. The van der Waals surface area contributed by atoms with Crippen molar-refractivity contribution in [2.24, 2.45) is 0 Å². The van der Waals surface area contributed by atoms with E-state index in [9.17, 15) is 19.2 Å². The van der Waals surface area contributed by atoms with Crippen molar-refractivity contribution in [2.45, 2.75) is 13.8 Å². The highest BCUT2D eigenvalue weighted by atomic mass is 16.6. The monoisotopic (exact) mass is 415 g/mol. The minimum atomic E-state index is -0.638. The molecule has 2 amide bonds. The van der Waals surface area contributed by atoms with Crippen LogP contribution in [0.2, 0.25) is 0 Å². The summed E-state index contributed by atoms with van der Waals surface area (Å²) in [5.74, 6) is -1.04. The minimum absolute atomic E-state index is 0.0226. The average molecular weight is 415 g/mol. The number of rotatable bonds is 14. The van der Waals surface area contributed by atoms with Crippen molar-refractivity contribution in [1.29, 1.82) is 0 Å². The first-order valence-corrected chi connectivity index (χ1v) is 8.91. The maximum atomic E-state index is 11.4. The predicted octanol–water partition coefficient (Wildman–Crippen LogP) is 0.267. The molecule has 0 heterocycles. The molecule has 0 saturated carbocycles. The molecule has 3 N–H and O–H groups in total. The molecule has 11 heteroatoms. The average Bonchev–Trinajstić information content (AvgIpc) is 2.67. The molecule has 0 unspecified atom stereocenters. The lowest BCUT2D eigenvalue weighted by Crippen LogP contribution is -2.33. The van der Waals surface area contributed by atoms with Crippen LogP contribution in [0.4, 0.5) is 9.59 Å². The SMILES string of the molecule is C=C(C)C(=O)OCCNC(=O)OCCNCCOC(=O)NCCOC(=O)C(=C)C. The molecule has 29 heavy (non-hydrogen) atoms. The Hall–Kier alpha value is -3.08. The van der Waals surface area contributed by atoms with E-state index in [2.05, 4.69) is 29.1 Å². The lowest BCUT2D eigenvalue weighted by Gasteiger charge is -2.09. The van der Waals surface area contributed by atoms with Gasteiger partial charge in [0.05, 0.1) is 13.1 Å². The normalized spacial score (nSPS) is 9.72. The van der Waals surface area contributed by atoms with Gasteiger partial charge in [-0.3, -0.25) is 0 Å². The van der Waals surface area contributed by atoms with Crippen molar-refractivity contribution in [3.63, 3.8) is 0 Å². The molecule has 0 aromatic rings. The van der Waals surface area contributed by atoms with E-state index in [0.29, 0.717) is 13.1 Å². The van der Waals surface area contributed by atoms with Gasteiger partial charge >= 0.3 is 24.1 Å². The summed E-state index contributed by atoms with van der Waals surface area (Å²) in [7, 11) is 0. The third kappa shape index (κ3) is 15.7. The van der Waals surface area contributed by atoms with Gasteiger partial charge in [-0.1, -0.05) is 13.2 Å². The minimum Gasteiger partial charge on any atom is -0.460 e. The fourth-order valence-electron chi connectivity index (χ4n) is 1.50. The van der Waals surface area contributed by atoms with Crippen LogP contribution in [0.5, 0.6) is 0 Å². The third-order valence-corrected chi connectivity index (χ3v) is 2.93. The Bertz CT molecular complexity index is 542. The molecule has 0 aliphatic carbocycles. The van der Waals surface area contributed by atoms with Crippen LogP contribution >= 0.6 is 0 Å². The first-order chi connectivity index (χ1) is 13.7. The van der Waals surface area contributed by atoms with Gasteiger partial charge in [0.1, 0.15) is 26.4 Å². The van der Waals surface area contributed by atoms with Crippen molar-refractivity contribution in [1.82, 2.24) is 16.0 Å². The van der Waals surface area contributed by atoms with Crippen molar-refractivity contribution in [2.75, 3.05) is 52.6 Å². The van der Waals surface area contributed by atoms with Crippen LogP contribution in [0.3, 0.4) is 0 Å². The van der Waals surface area contributed by atoms with E-state index in [1.54, 1.807) is 0 Å². The molecular weight excluding hydrogens is 386 g/mol. The Balaban J connectivity index is 3.47. The smallest absolute Gasteiger partial charge is 0.407 e. The highest BCUT2D eigenvalue weighted by Gasteiger charge is 2.06. The summed E-state index contributed by atoms with van der Waals surface area (Å²) in [5.41, 5.74) is 0.563. The zero-order valence-corrected chi connectivity index (χ0v) is 16.8. The van der Waals surface area contributed by atoms with E-state index in [1.807, 2.05) is 0 Å². The van der Waals surface area contributed by atoms with Gasteiger partial charge in [-0.25, -0.2) is 19.2 Å². The fraction of sp³-hybridized carbons (Fsp3) is 0.556. The second-order valence-electron chi connectivity index (χ2n) is 5.71. The number of amides is 2. The maximum absolute atomic E-state index is 11.4. The van der Waals surface area contributed by atoms with E-state index in [0.717, 1.165) is 0 Å². The molecule has 11 nitrogen and oxygen atoms in total. The number of esters is 2. The molecular formula is C18H29N3O8. The number of carbonyl (C=O) groups is 4. The number of hydrogen-bond acceptors (Lipinski definition) is 9. The van der Waals surface area contributed by atoms with Crippen molar-refractivity contribution in [3.05, 3.63) is 24.3 Å². The summed E-state index contributed by atoms with van der Waals surface area (Å²) in [6, 6.07) is 0. The van der Waals surface area contributed by atoms with Gasteiger partial charge < -0.3 is 34.9 Å². The lowest BCUT2D eigenvalue weighted by molar-refractivity contribution is -0.139. The van der Waals surface area contributed by atoms with Gasteiger partial charge in [0.2, 0.25) is 0 Å². The Morgan fingerprint density at radius 2 is 0.966 bits per heavy atom. The van der Waals surface area contributed by atoms with Crippen LogP contribution in [0, 0.1) is 0 Å². The predicted molar refractivity (Wildman–Crippen MR) is 103 cm³/mol. The molecule has 0 aromatic carbocycles. The van der Waals surface area contributed by atoms with E-state index >= 15 is 0 Å². The molecule has 164 valence electrons. The zero-order valence-electron chi connectivity index (χ0n) is 16.8. The third-order valence-electron chi connectivity index (χ3n) is 2.93. The standard InChI is InChI=1S/C18H29N3O8/c1-13(2)15(22)26-11-7-20-17(24)28-9-5-19-6-10-29-18(25)21-8-12-27-16(23)14(3)4/h19H,1,3,5-12H2,2,4H3,(H,20,24)(H,21,25). The van der Waals surface area contributed by atoms with Crippen LogP contribution < -0.4 is 16.0 Å². The number of ether oxygens (including phenoxy) is 4. The van der Waals surface area contributed by atoms with Gasteiger partial charge in [-0.2, -0.15) is 0 Å². The van der Waals surface area contributed by atoms with Gasteiger partial charge in [-0.05, 0) is 13.8 Å². The van der Waals surface area contributed by atoms with Gasteiger partial charge in [0, 0.05) is 24.2 Å². The fourth-order valence-corrected chi connectivity index (χ4v) is 1.50. The van der Waals surface area contributed by atoms with Crippen LogP contribution in [0.25, 0.3) is 0 Å². The van der Waals surface area contributed by atoms with E-state index < -0.39 is 24.1 Å². The second kappa shape index (κ2) is 15.9. The number of carbonyl (C=O) groups excluding carboxylic acids is 4. The largest absolute Gasteiger partial charge is 0.460 e. The Labute approximate surface area is 169 Å². The van der Waals surface area contributed by atoms with Gasteiger partial charge in [0.25, 0.3) is 0 Å². The molecule has 0 aromatic heterocycles. The van der Waals surface area contributed by atoms with E-state index in [-0.39, 0.29) is 50.7 Å². The summed E-state index contributed by atoms with van der Waals surface area (Å²) in [5, 5.41) is 7.76. The first-order valence-electron chi connectivity index (χ1n) is 8.91. The van der Waals surface area contributed by atoms with E-state index in [1.165, 1.54) is 13.8 Å². The lowest BCUT2D eigenvalue weighted by atomic mass is 10.4. The molecule has 0 saturated heterocycles. The topological polar surface area (TPSA) is 141 Å². The number of nitrogens with one attached hydrogen (secondary N) is 3. The number of hydrogen-bond donors (Lipinski definition) is 3. The molecule has 0 aliphatic rings. The van der Waals surface area contributed by atoms with Gasteiger partial charge in [-0.15, -0.1) is 0 Å². The quantitative estimate of drug-likeness (QED) is 0.158. The van der Waals surface area contributed by atoms with Crippen molar-refractivity contribution >= 4 is 24.1 Å². The molecule has 0 spiro atoms. The van der Waals surface area contributed by atoms with Crippen molar-refractivity contribution in [3.8, 4) is 0 Å². The zero-order chi connectivity index (χ0) is 22.1. The Morgan fingerprint density at radius 1 is 0.621 bits per heavy atom. The van der Waals surface area contributed by atoms with Crippen LogP contribution in [-0.2, 0) is 28.5 Å². The first kappa shape index (κ1) is 25.9. The van der Waals surface area contributed by atoms with E-state index in [4.69, 9.17) is 18.9 Å². The molecule has 0 rings (SSSR count). The van der Waals surface area contributed by atoms with Gasteiger partial charge in [0.15, 0.2) is 0 Å². The van der Waals surface area contributed by atoms with Crippen molar-refractivity contribution < 1.29 is 38.1 Å². The number of alkyl carbamates (subject to hydrolysis) is 2. The highest BCUT2D eigenvalue weighted by molar-refractivity contribution is 5.87. The van der Waals surface area contributed by atoms with Crippen LogP contribution in [0.15, 0.2) is 24.3 Å². The molecule has 0 radical (unpaired) electrons. The summed E-state index contributed by atoms with van der Waals surface area (Å²) in [6.07, 6.45) is -1.28.